The molecule has 0 aromatic heterocycles. The highest BCUT2D eigenvalue weighted by Crippen LogP contribution is 2.22. The number of nitrogens with zero attached hydrogens (tertiary/aromatic N) is 1. The molecule has 3 nitrogen and oxygen atoms in total. The first kappa shape index (κ1) is 19.1. The van der Waals surface area contributed by atoms with Gasteiger partial charge in [0.25, 0.3) is 0 Å². The summed E-state index contributed by atoms with van der Waals surface area (Å²) in [5.74, 6) is 0.799. The van der Waals surface area contributed by atoms with Crippen molar-refractivity contribution in [2.45, 2.75) is 37.8 Å². The summed E-state index contributed by atoms with van der Waals surface area (Å²) >= 11 is 1.54. The normalized spacial score (nSPS) is 11.5. The molecule has 0 unspecified atom stereocenters. The van der Waals surface area contributed by atoms with Gasteiger partial charge in [-0.25, -0.2) is 0 Å². The Morgan fingerprint density at radius 2 is 1.84 bits per heavy atom. The number of hydrogen-bond acceptors (Lipinski definition) is 3. The topological polar surface area (TPSA) is 29.5 Å². The summed E-state index contributed by atoms with van der Waals surface area (Å²) in [5, 5.41) is 1.85. The van der Waals surface area contributed by atoms with Gasteiger partial charge in [-0.15, -0.1) is 0 Å². The highest BCUT2D eigenvalue weighted by Gasteiger charge is 2.25. The largest absolute Gasteiger partial charge is 0.497 e. The zero-order valence-corrected chi connectivity index (χ0v) is 16.0. The molecule has 2 aromatic rings. The molecule has 0 saturated carbocycles. The van der Waals surface area contributed by atoms with E-state index < -0.39 is 0 Å². The molecule has 0 aliphatic heterocycles. The fourth-order valence-electron chi connectivity index (χ4n) is 2.36. The van der Waals surface area contributed by atoms with E-state index in [0.717, 1.165) is 16.2 Å². The third-order valence-corrected chi connectivity index (χ3v) is 4.53. The van der Waals surface area contributed by atoms with Crippen LogP contribution in [0.2, 0.25) is 0 Å². The summed E-state index contributed by atoms with van der Waals surface area (Å²) in [4.78, 5) is 15.7. The minimum absolute atomic E-state index is 0.00116. The third kappa shape index (κ3) is 5.98. The monoisotopic (exact) mass is 355 g/mol. The van der Waals surface area contributed by atoms with E-state index >= 15 is 0 Å². The molecular weight excluding hydrogens is 330 g/mol. The van der Waals surface area contributed by atoms with Gasteiger partial charge in [-0.3, -0.25) is 4.79 Å². The van der Waals surface area contributed by atoms with Crippen molar-refractivity contribution in [1.82, 2.24) is 4.90 Å². The van der Waals surface area contributed by atoms with Crippen LogP contribution in [-0.2, 0) is 11.3 Å². The van der Waals surface area contributed by atoms with E-state index in [1.807, 2.05) is 85.7 Å². The fourth-order valence-corrected chi connectivity index (χ4v) is 3.01. The molecule has 0 spiro atoms. The Balaban J connectivity index is 2.09. The average Bonchev–Trinajstić information content (AvgIpc) is 2.59. The summed E-state index contributed by atoms with van der Waals surface area (Å²) < 4.78 is 5.28. The van der Waals surface area contributed by atoms with Crippen molar-refractivity contribution >= 4 is 17.7 Å². The van der Waals surface area contributed by atoms with Gasteiger partial charge in [-0.2, -0.15) is 0 Å². The van der Waals surface area contributed by atoms with Crippen LogP contribution >= 0.6 is 11.8 Å². The third-order valence-electron chi connectivity index (χ3n) is 3.71. The van der Waals surface area contributed by atoms with Crippen LogP contribution in [0.25, 0.3) is 0 Å². The quantitative estimate of drug-likeness (QED) is 0.531. The summed E-state index contributed by atoms with van der Waals surface area (Å²) in [6.45, 7) is 6.68. The van der Waals surface area contributed by atoms with Crippen LogP contribution < -0.4 is 4.74 Å². The van der Waals surface area contributed by atoms with E-state index in [1.165, 1.54) is 0 Å². The van der Waals surface area contributed by atoms with Crippen molar-refractivity contribution < 1.29 is 9.53 Å². The lowest BCUT2D eigenvalue weighted by Gasteiger charge is -2.35. The highest BCUT2D eigenvalue weighted by molar-refractivity contribution is 8.02. The molecule has 0 saturated heterocycles. The molecule has 132 valence electrons. The Morgan fingerprint density at radius 1 is 1.12 bits per heavy atom. The number of hydrogen-bond donors (Lipinski definition) is 0. The summed E-state index contributed by atoms with van der Waals surface area (Å²) in [5.41, 5.74) is 0.772. The first-order valence-corrected chi connectivity index (χ1v) is 9.11. The van der Waals surface area contributed by atoms with Gasteiger partial charge in [0.15, 0.2) is 0 Å². The Bertz CT molecular complexity index is 720. The second kappa shape index (κ2) is 8.77. The van der Waals surface area contributed by atoms with E-state index in [2.05, 4.69) is 0 Å². The van der Waals surface area contributed by atoms with Gasteiger partial charge in [0.05, 0.1) is 7.11 Å². The van der Waals surface area contributed by atoms with Crippen LogP contribution in [0.15, 0.2) is 71.0 Å². The van der Waals surface area contributed by atoms with Crippen LogP contribution in [0.5, 0.6) is 5.75 Å². The molecule has 0 aliphatic carbocycles. The number of carbonyl (C=O) groups is 1. The number of rotatable bonds is 6. The smallest absolute Gasteiger partial charge is 0.247 e. The first-order valence-electron chi connectivity index (χ1n) is 8.23. The molecule has 1 amide bonds. The molecule has 0 N–H and O–H groups in total. The molecule has 0 atom stereocenters. The van der Waals surface area contributed by atoms with Crippen LogP contribution in [-0.4, -0.2) is 23.5 Å². The maximum atomic E-state index is 12.7. The maximum Gasteiger partial charge on any atom is 0.247 e. The number of thioether (sulfide) groups is 1. The van der Waals surface area contributed by atoms with Gasteiger partial charge in [0.1, 0.15) is 5.75 Å². The molecule has 0 bridgehead atoms. The number of amides is 1. The molecule has 25 heavy (non-hydrogen) atoms. The lowest BCUT2D eigenvalue weighted by Crippen LogP contribution is -2.44. The molecule has 0 aliphatic rings. The van der Waals surface area contributed by atoms with Crippen molar-refractivity contribution in [2.24, 2.45) is 0 Å². The zero-order valence-electron chi connectivity index (χ0n) is 15.2. The van der Waals surface area contributed by atoms with E-state index in [-0.39, 0.29) is 11.4 Å². The Labute approximate surface area is 154 Å². The average molecular weight is 356 g/mol. The van der Waals surface area contributed by atoms with E-state index in [9.17, 15) is 4.79 Å². The van der Waals surface area contributed by atoms with Crippen molar-refractivity contribution in [3.05, 3.63) is 71.6 Å². The minimum Gasteiger partial charge on any atom is -0.497 e. The SMILES string of the molecule is COc1cccc(CN(C(=O)/C=C\Sc2ccccc2)C(C)(C)C)c1. The van der Waals surface area contributed by atoms with Crippen molar-refractivity contribution in [3.63, 3.8) is 0 Å². The minimum atomic E-state index is -0.276. The van der Waals surface area contributed by atoms with Crippen molar-refractivity contribution in [3.8, 4) is 5.75 Å². The Hall–Kier alpha value is -2.20. The second-order valence-corrected chi connectivity index (χ2v) is 7.66. The van der Waals surface area contributed by atoms with E-state index in [0.29, 0.717) is 6.54 Å². The van der Waals surface area contributed by atoms with Gasteiger partial charge in [0, 0.05) is 23.1 Å². The molecule has 4 heteroatoms. The predicted molar refractivity (Wildman–Crippen MR) is 105 cm³/mol. The number of benzene rings is 2. The van der Waals surface area contributed by atoms with Gasteiger partial charge in [-0.05, 0) is 56.0 Å². The first-order chi connectivity index (χ1) is 11.9. The van der Waals surface area contributed by atoms with Crippen LogP contribution in [0, 0.1) is 0 Å². The summed E-state index contributed by atoms with van der Waals surface area (Å²) in [6.07, 6.45) is 1.64. The molecule has 2 aromatic carbocycles. The number of ether oxygens (including phenoxy) is 1. The van der Waals surface area contributed by atoms with Gasteiger partial charge >= 0.3 is 0 Å². The molecule has 0 radical (unpaired) electrons. The van der Waals surface area contributed by atoms with E-state index in [1.54, 1.807) is 24.9 Å². The Morgan fingerprint density at radius 3 is 2.48 bits per heavy atom. The van der Waals surface area contributed by atoms with Gasteiger partial charge in [-0.1, -0.05) is 42.1 Å². The van der Waals surface area contributed by atoms with Gasteiger partial charge < -0.3 is 9.64 Å². The maximum absolute atomic E-state index is 12.7. The lowest BCUT2D eigenvalue weighted by molar-refractivity contribution is -0.131. The molecule has 2 rings (SSSR count). The van der Waals surface area contributed by atoms with Gasteiger partial charge in [0.2, 0.25) is 5.91 Å². The lowest BCUT2D eigenvalue weighted by atomic mass is 10.0. The zero-order chi connectivity index (χ0) is 18.3. The molecule has 0 heterocycles. The standard InChI is InChI=1S/C21H25NO2S/c1-21(2,3)22(16-17-9-8-10-18(15-17)24-4)20(23)13-14-25-19-11-6-5-7-12-19/h5-15H,16H2,1-4H3/b14-13-. The number of carbonyl (C=O) groups excluding carboxylic acids is 1. The predicted octanol–water partition coefficient (Wildman–Crippen LogP) is 5.13. The van der Waals surface area contributed by atoms with Crippen LogP contribution in [0.4, 0.5) is 0 Å². The van der Waals surface area contributed by atoms with Crippen LogP contribution in [0.3, 0.4) is 0 Å². The van der Waals surface area contributed by atoms with Crippen molar-refractivity contribution in [2.75, 3.05) is 7.11 Å². The molecule has 0 fully saturated rings. The van der Waals surface area contributed by atoms with Crippen LogP contribution in [0.1, 0.15) is 26.3 Å². The number of methoxy groups -OCH3 is 1. The summed E-state index contributed by atoms with van der Waals surface area (Å²) in [7, 11) is 1.65. The Kier molecular flexibility index (Phi) is 6.71. The summed E-state index contributed by atoms with van der Waals surface area (Å²) in [6, 6.07) is 17.8. The highest BCUT2D eigenvalue weighted by atomic mass is 32.2. The van der Waals surface area contributed by atoms with Crippen molar-refractivity contribution in [1.29, 1.82) is 0 Å². The molecular formula is C21H25NO2S. The second-order valence-electron chi connectivity index (χ2n) is 6.68. The fraction of sp³-hybridized carbons (Fsp3) is 0.286. The van der Waals surface area contributed by atoms with E-state index in [4.69, 9.17) is 4.74 Å².